The van der Waals surface area contributed by atoms with Gasteiger partial charge in [0, 0.05) is 6.61 Å². The highest BCUT2D eigenvalue weighted by Gasteiger charge is 2.54. The number of rotatable bonds is 29. The average Bonchev–Trinajstić information content (AvgIpc) is 3.71. The zero-order chi connectivity index (χ0) is 38.7. The van der Waals surface area contributed by atoms with Gasteiger partial charge in [0.2, 0.25) is 0 Å². The van der Waals surface area contributed by atoms with E-state index in [1.165, 1.54) is 101 Å². The lowest BCUT2D eigenvalue weighted by Gasteiger charge is -2.27. The maximum absolute atomic E-state index is 13.0. The molecule has 6 atom stereocenters. The summed E-state index contributed by atoms with van der Waals surface area (Å²) in [6.07, 6.45) is 17.5. The van der Waals surface area contributed by atoms with Gasteiger partial charge in [-0.3, -0.25) is 9.05 Å². The lowest BCUT2D eigenvalue weighted by Crippen LogP contribution is -2.39. The summed E-state index contributed by atoms with van der Waals surface area (Å²) < 4.78 is 43.0. The van der Waals surface area contributed by atoms with Crippen LogP contribution in [0.1, 0.15) is 128 Å². The highest BCUT2D eigenvalue weighted by atomic mass is 31.2. The number of nitrogens with two attached hydrogens (primary N) is 1. The van der Waals surface area contributed by atoms with E-state index in [1.807, 2.05) is 30.3 Å². The quantitative estimate of drug-likeness (QED) is 0.0400. The zero-order valence-corrected chi connectivity index (χ0v) is 33.3. The molecule has 0 bridgehead atoms. The van der Waals surface area contributed by atoms with Crippen LogP contribution in [0.25, 0.3) is 5.52 Å². The molecule has 1 aromatic carbocycles. The van der Waals surface area contributed by atoms with Crippen LogP contribution >= 0.6 is 7.82 Å². The minimum absolute atomic E-state index is 0.180. The lowest BCUT2D eigenvalue weighted by atomic mass is 9.93. The molecule has 0 saturated carbocycles. The highest BCUT2D eigenvalue weighted by Crippen LogP contribution is 2.46. The molecule has 0 radical (unpaired) electrons. The molecule has 1 saturated heterocycles. The largest absolute Gasteiger partial charge is 0.472 e. The number of anilines is 1. The second-order valence-electron chi connectivity index (χ2n) is 14.7. The van der Waals surface area contributed by atoms with E-state index in [4.69, 9.17) is 29.0 Å². The minimum atomic E-state index is -4.62. The third-order valence-electron chi connectivity index (χ3n) is 10.3. The number of phosphoric acid groups is 1. The molecular formula is C40H65N4O9P. The number of nitrogens with zero attached hydrogens (tertiary/aromatic N) is 3. The van der Waals surface area contributed by atoms with Crippen molar-refractivity contribution in [2.45, 2.75) is 153 Å². The van der Waals surface area contributed by atoms with Crippen LogP contribution in [0, 0.1) is 0 Å². The second-order valence-corrected chi connectivity index (χ2v) is 16.2. The van der Waals surface area contributed by atoms with Gasteiger partial charge >= 0.3 is 7.82 Å². The number of aliphatic hydroxyl groups is 2. The number of ether oxygens (including phenoxy) is 3. The fourth-order valence-electron chi connectivity index (χ4n) is 6.94. The van der Waals surface area contributed by atoms with Crippen LogP contribution in [-0.4, -0.2) is 80.5 Å². The van der Waals surface area contributed by atoms with Crippen molar-refractivity contribution >= 4 is 19.2 Å². The highest BCUT2D eigenvalue weighted by molar-refractivity contribution is 7.47. The van der Waals surface area contributed by atoms with Crippen LogP contribution in [0.15, 0.2) is 48.8 Å². The maximum Gasteiger partial charge on any atom is 0.472 e. The number of benzene rings is 1. The molecule has 3 heterocycles. The summed E-state index contributed by atoms with van der Waals surface area (Å²) in [6.45, 7) is 4.09. The van der Waals surface area contributed by atoms with Gasteiger partial charge in [-0.25, -0.2) is 14.1 Å². The minimum Gasteiger partial charge on any atom is -0.387 e. The number of fused-ring (bicyclic) bond motifs is 1. The third-order valence-corrected chi connectivity index (χ3v) is 11.2. The van der Waals surface area contributed by atoms with E-state index in [0.29, 0.717) is 17.8 Å². The van der Waals surface area contributed by atoms with Crippen molar-refractivity contribution < 1.29 is 42.9 Å². The Kier molecular flexibility index (Phi) is 19.3. The van der Waals surface area contributed by atoms with E-state index >= 15 is 0 Å². The summed E-state index contributed by atoms with van der Waals surface area (Å²) in [7, 11) is -4.62. The number of unbranched alkanes of at least 4 members (excludes halogenated alkanes) is 15. The summed E-state index contributed by atoms with van der Waals surface area (Å²) in [4.78, 5) is 14.5. The van der Waals surface area contributed by atoms with Crippen LogP contribution in [0.3, 0.4) is 0 Å². The fourth-order valence-corrected chi connectivity index (χ4v) is 7.70. The molecule has 0 amide bonds. The number of nitrogen functional groups attached to an aromatic ring is 1. The molecule has 54 heavy (non-hydrogen) atoms. The van der Waals surface area contributed by atoms with Crippen molar-refractivity contribution in [1.29, 1.82) is 0 Å². The summed E-state index contributed by atoms with van der Waals surface area (Å²) in [6, 6.07) is 13.0. The Labute approximate surface area is 321 Å². The average molecular weight is 777 g/mol. The molecular weight excluding hydrogens is 711 g/mol. The van der Waals surface area contributed by atoms with Crippen LogP contribution in [0.2, 0.25) is 0 Å². The van der Waals surface area contributed by atoms with Crippen molar-refractivity contribution in [1.82, 2.24) is 14.6 Å². The van der Waals surface area contributed by atoms with Gasteiger partial charge in [-0.2, -0.15) is 5.10 Å². The van der Waals surface area contributed by atoms with Crippen LogP contribution in [-0.2, 0) is 40.0 Å². The molecule has 3 aromatic rings. The monoisotopic (exact) mass is 776 g/mol. The van der Waals surface area contributed by atoms with Crippen molar-refractivity contribution in [3.8, 4) is 0 Å². The van der Waals surface area contributed by atoms with Crippen molar-refractivity contribution in [2.24, 2.45) is 0 Å². The third kappa shape index (κ3) is 14.2. The molecule has 0 spiro atoms. The second kappa shape index (κ2) is 23.6. The summed E-state index contributed by atoms with van der Waals surface area (Å²) in [5, 5.41) is 26.0. The van der Waals surface area contributed by atoms with Crippen molar-refractivity contribution in [3.63, 3.8) is 0 Å². The lowest BCUT2D eigenvalue weighted by molar-refractivity contribution is -0.0901. The van der Waals surface area contributed by atoms with Crippen LogP contribution in [0.4, 0.5) is 5.82 Å². The molecule has 1 aliphatic heterocycles. The molecule has 2 unspecified atom stereocenters. The number of aliphatic hydroxyl groups excluding tert-OH is 2. The molecule has 4 rings (SSSR count). The Balaban J connectivity index is 1.13. The van der Waals surface area contributed by atoms with Gasteiger partial charge < -0.3 is 35.1 Å². The van der Waals surface area contributed by atoms with Gasteiger partial charge in [-0.05, 0) is 31.0 Å². The Morgan fingerprint density at radius 3 is 2.11 bits per heavy atom. The maximum atomic E-state index is 13.0. The van der Waals surface area contributed by atoms with Crippen LogP contribution in [0.5, 0.6) is 0 Å². The van der Waals surface area contributed by atoms with E-state index in [-0.39, 0.29) is 25.6 Å². The van der Waals surface area contributed by atoms with Gasteiger partial charge in [0.25, 0.3) is 0 Å². The van der Waals surface area contributed by atoms with Gasteiger partial charge in [-0.15, -0.1) is 0 Å². The Bertz CT molecular complexity index is 1520. The van der Waals surface area contributed by atoms with Crippen LogP contribution < -0.4 is 5.73 Å². The van der Waals surface area contributed by atoms with Gasteiger partial charge in [0.1, 0.15) is 41.9 Å². The first kappa shape index (κ1) is 44.3. The van der Waals surface area contributed by atoms with E-state index < -0.39 is 44.4 Å². The first-order chi connectivity index (χ1) is 26.1. The Morgan fingerprint density at radius 1 is 0.870 bits per heavy atom. The van der Waals surface area contributed by atoms with E-state index in [0.717, 1.165) is 18.4 Å². The number of hydrogen-bond acceptors (Lipinski definition) is 11. The smallest absolute Gasteiger partial charge is 0.387 e. The fraction of sp³-hybridized carbons (Fsp3) is 0.700. The zero-order valence-electron chi connectivity index (χ0n) is 32.4. The summed E-state index contributed by atoms with van der Waals surface area (Å²) in [5.74, 6) is 0.239. The number of hydrogen-bond donors (Lipinski definition) is 4. The Hall–Kier alpha value is -2.45. The first-order valence-corrected chi connectivity index (χ1v) is 21.6. The number of aromatic nitrogens is 3. The summed E-state index contributed by atoms with van der Waals surface area (Å²) in [5.41, 5.74) is 6.39. The van der Waals surface area contributed by atoms with E-state index in [1.54, 1.807) is 19.1 Å². The molecule has 0 aliphatic carbocycles. The molecule has 2 aromatic heterocycles. The van der Waals surface area contributed by atoms with Gasteiger partial charge in [-0.1, -0.05) is 134 Å². The van der Waals surface area contributed by atoms with Gasteiger partial charge in [0.15, 0.2) is 5.82 Å². The van der Waals surface area contributed by atoms with E-state index in [9.17, 15) is 19.7 Å². The molecule has 1 fully saturated rings. The predicted molar refractivity (Wildman–Crippen MR) is 209 cm³/mol. The standard InChI is InChI=1S/C40H65N4O9P/c1-3-4-5-6-7-8-9-10-11-12-13-14-15-16-17-21-26-49-28-33(50-27-32-22-19-18-20-23-32)29-51-54(47,48)52-30-35-37(45)38(46)40(2,53-35)36-25-24-34-39(41)42-31-43-44(34)36/h18-20,22-25,31,33,35,37-38,45-46H,3-17,21,26-30H2,1-2H3,(H,47,48)(H2,41,42,43)/t33?,35-,37-,38-,40+/m1/s1. The SMILES string of the molecule is CCCCCCCCCCCCCCCCCCOCC(COP(=O)(O)OC[C@H]1O[C@@](C)(c2ccc3c(N)ncnn23)[C@H](O)[C@@H]1O)OCc1ccccc1. The van der Waals surface area contributed by atoms with Crippen molar-refractivity contribution in [2.75, 3.05) is 32.2 Å². The number of phosphoric ester groups is 1. The molecule has 5 N–H and O–H groups in total. The molecule has 13 nitrogen and oxygen atoms in total. The molecule has 1 aliphatic rings. The Morgan fingerprint density at radius 2 is 1.48 bits per heavy atom. The van der Waals surface area contributed by atoms with E-state index in [2.05, 4.69) is 17.0 Å². The molecule has 304 valence electrons. The van der Waals surface area contributed by atoms with Crippen molar-refractivity contribution in [3.05, 3.63) is 60.0 Å². The normalized spacial score (nSPS) is 21.8. The van der Waals surface area contributed by atoms with Gasteiger partial charge in [0.05, 0.1) is 32.1 Å². The topological polar surface area (TPSA) is 180 Å². The predicted octanol–water partition coefficient (Wildman–Crippen LogP) is 7.64. The summed E-state index contributed by atoms with van der Waals surface area (Å²) >= 11 is 0. The first-order valence-electron chi connectivity index (χ1n) is 20.1. The molecule has 14 heteroatoms.